The molecule has 0 radical (unpaired) electrons. The maximum Gasteiger partial charge on any atom is 0.255 e. The molecular formula is C24H26N4O7. The Labute approximate surface area is 201 Å². The topological polar surface area (TPSA) is 188 Å². The van der Waals surface area contributed by atoms with E-state index in [2.05, 4.69) is 0 Å². The molecule has 4 atom stereocenters. The second-order valence-electron chi connectivity index (χ2n) is 9.61. The molecule has 11 nitrogen and oxygen atoms in total. The predicted molar refractivity (Wildman–Crippen MR) is 123 cm³/mol. The van der Waals surface area contributed by atoms with Crippen LogP contribution in [-0.2, 0) is 20.8 Å². The lowest BCUT2D eigenvalue weighted by Gasteiger charge is -2.50. The summed E-state index contributed by atoms with van der Waals surface area (Å²) in [5.41, 5.74) is 2.31. The van der Waals surface area contributed by atoms with Crippen molar-refractivity contribution < 1.29 is 34.8 Å². The standard InChI is InChI=1S/C24H26N4O7/c1-27(2)13-7-10(8-25)18(29)15-11(13)5-9-6-12-17(28(3)4)20(31)16(23(26)34)22(33)24(12,35)21(32)14(9)19(15)30/h7,9,12,17,29-30,33,35H,5-6H2,1-4H3,(H2,26,34)/t9-,12-,17+,24?/m0/s1. The highest BCUT2D eigenvalue weighted by Crippen LogP contribution is 2.54. The van der Waals surface area contributed by atoms with Crippen LogP contribution in [0, 0.1) is 23.2 Å². The van der Waals surface area contributed by atoms with E-state index in [1.165, 1.54) is 11.0 Å². The number of aromatic hydroxyl groups is 1. The van der Waals surface area contributed by atoms with Crippen molar-refractivity contribution in [2.24, 2.45) is 17.6 Å². The minimum absolute atomic E-state index is 0.000601. The number of anilines is 1. The smallest absolute Gasteiger partial charge is 0.255 e. The Balaban J connectivity index is 2.03. The first-order chi connectivity index (χ1) is 16.3. The normalized spacial score (nSPS) is 27.9. The fourth-order valence-electron chi connectivity index (χ4n) is 5.78. The number of ketones is 2. The van der Waals surface area contributed by atoms with Crippen LogP contribution in [0.4, 0.5) is 5.69 Å². The Morgan fingerprint density at radius 3 is 2.34 bits per heavy atom. The lowest BCUT2D eigenvalue weighted by atomic mass is 9.57. The summed E-state index contributed by atoms with van der Waals surface area (Å²) < 4.78 is 0. The average Bonchev–Trinajstić information content (AvgIpc) is 2.75. The number of nitrogens with two attached hydrogens (primary N) is 1. The lowest BCUT2D eigenvalue weighted by molar-refractivity contribution is -0.153. The van der Waals surface area contributed by atoms with E-state index in [0.717, 1.165) is 0 Å². The Kier molecular flexibility index (Phi) is 5.42. The third-order valence-electron chi connectivity index (χ3n) is 7.30. The van der Waals surface area contributed by atoms with Gasteiger partial charge in [0.2, 0.25) is 5.78 Å². The van der Waals surface area contributed by atoms with E-state index in [0.29, 0.717) is 11.3 Å². The first kappa shape index (κ1) is 24.3. The molecular weight excluding hydrogens is 456 g/mol. The molecule has 1 amide bonds. The van der Waals surface area contributed by atoms with Crippen molar-refractivity contribution in [2.45, 2.75) is 24.5 Å². The number of hydrogen-bond donors (Lipinski definition) is 5. The van der Waals surface area contributed by atoms with Crippen molar-refractivity contribution in [1.29, 1.82) is 5.26 Å². The summed E-state index contributed by atoms with van der Waals surface area (Å²) in [5.74, 6) is -7.29. The van der Waals surface area contributed by atoms with E-state index in [1.807, 2.05) is 6.07 Å². The number of hydrogen-bond acceptors (Lipinski definition) is 10. The Morgan fingerprint density at radius 1 is 1.20 bits per heavy atom. The number of nitriles is 1. The van der Waals surface area contributed by atoms with Crippen LogP contribution in [0.5, 0.6) is 5.75 Å². The third-order valence-corrected chi connectivity index (χ3v) is 7.30. The van der Waals surface area contributed by atoms with E-state index in [1.54, 1.807) is 33.1 Å². The van der Waals surface area contributed by atoms with Gasteiger partial charge in [0.1, 0.15) is 28.9 Å². The predicted octanol–water partition coefficient (Wildman–Crippen LogP) is -0.0983. The van der Waals surface area contributed by atoms with E-state index in [9.17, 15) is 40.1 Å². The van der Waals surface area contributed by atoms with Gasteiger partial charge < -0.3 is 31.1 Å². The number of fused-ring (bicyclic) bond motifs is 3. The maximum atomic E-state index is 13.8. The molecule has 0 aliphatic heterocycles. The largest absolute Gasteiger partial charge is 0.508 e. The summed E-state index contributed by atoms with van der Waals surface area (Å²) in [6.45, 7) is 0. The number of aliphatic hydroxyl groups is 3. The van der Waals surface area contributed by atoms with E-state index < -0.39 is 63.8 Å². The van der Waals surface area contributed by atoms with Crippen LogP contribution in [0.15, 0.2) is 23.0 Å². The van der Waals surface area contributed by atoms with Gasteiger partial charge in [-0.25, -0.2) is 0 Å². The zero-order valence-corrected chi connectivity index (χ0v) is 19.7. The first-order valence-corrected chi connectivity index (χ1v) is 10.9. The average molecular weight is 482 g/mol. The maximum absolute atomic E-state index is 13.8. The van der Waals surface area contributed by atoms with Crippen molar-refractivity contribution in [2.75, 3.05) is 33.1 Å². The number of rotatable bonds is 3. The van der Waals surface area contributed by atoms with Crippen LogP contribution in [0.3, 0.4) is 0 Å². The molecule has 1 aromatic rings. The molecule has 4 rings (SSSR count). The number of aliphatic hydroxyl groups excluding tert-OH is 2. The fraction of sp³-hybridized carbons (Fsp3) is 0.417. The number of carbonyl (C=O) groups is 3. The fourth-order valence-corrected chi connectivity index (χ4v) is 5.78. The molecule has 3 aliphatic carbocycles. The zero-order valence-electron chi connectivity index (χ0n) is 19.7. The highest BCUT2D eigenvalue weighted by Gasteiger charge is 2.64. The van der Waals surface area contributed by atoms with Crippen molar-refractivity contribution >= 4 is 28.9 Å². The highest BCUT2D eigenvalue weighted by atomic mass is 16.3. The molecule has 0 spiro atoms. The molecule has 184 valence electrons. The summed E-state index contributed by atoms with van der Waals surface area (Å²) in [6.07, 6.45) is 0.153. The number of benzene rings is 1. The summed E-state index contributed by atoms with van der Waals surface area (Å²) in [6, 6.07) is 2.20. The van der Waals surface area contributed by atoms with Crippen LogP contribution in [0.2, 0.25) is 0 Å². The minimum Gasteiger partial charge on any atom is -0.508 e. The Hall–Kier alpha value is -3.88. The minimum atomic E-state index is -2.70. The summed E-state index contributed by atoms with van der Waals surface area (Å²) in [5, 5.41) is 53.8. The number of carbonyl (C=O) groups excluding carboxylic acids is 3. The molecule has 1 aromatic carbocycles. The number of phenols is 1. The Morgan fingerprint density at radius 2 is 1.83 bits per heavy atom. The highest BCUT2D eigenvalue weighted by molar-refractivity contribution is 6.24. The van der Waals surface area contributed by atoms with Gasteiger partial charge in [-0.2, -0.15) is 5.26 Å². The molecule has 1 saturated carbocycles. The molecule has 0 saturated heterocycles. The SMILES string of the molecule is CN(C)c1cc(C#N)c(O)c2c1C[C@H]1C[C@H]3[C@@H](N(C)C)C(=O)C(C(N)=O)=C(O)C3(O)C(=O)C1=C2O. The Bertz CT molecular complexity index is 1300. The second-order valence-corrected chi connectivity index (χ2v) is 9.61. The zero-order chi connectivity index (χ0) is 26.1. The van der Waals surface area contributed by atoms with Crippen LogP contribution in [0.1, 0.15) is 23.1 Å². The number of nitrogens with zero attached hydrogens (tertiary/aromatic N) is 3. The van der Waals surface area contributed by atoms with E-state index in [4.69, 9.17) is 5.73 Å². The monoisotopic (exact) mass is 482 g/mol. The van der Waals surface area contributed by atoms with Gasteiger partial charge in [0.15, 0.2) is 11.4 Å². The van der Waals surface area contributed by atoms with Crippen molar-refractivity contribution in [3.63, 3.8) is 0 Å². The van der Waals surface area contributed by atoms with Gasteiger partial charge in [0.25, 0.3) is 5.91 Å². The second kappa shape index (κ2) is 7.83. The van der Waals surface area contributed by atoms with Gasteiger partial charge in [-0.05, 0) is 44.5 Å². The van der Waals surface area contributed by atoms with E-state index in [-0.39, 0.29) is 29.5 Å². The number of amides is 1. The van der Waals surface area contributed by atoms with Crippen molar-refractivity contribution in [1.82, 2.24) is 4.90 Å². The summed E-state index contributed by atoms with van der Waals surface area (Å²) in [7, 11) is 6.54. The molecule has 35 heavy (non-hydrogen) atoms. The molecule has 0 heterocycles. The van der Waals surface area contributed by atoms with Crippen molar-refractivity contribution in [3.05, 3.63) is 39.7 Å². The number of primary amides is 1. The van der Waals surface area contributed by atoms with Gasteiger partial charge in [-0.15, -0.1) is 0 Å². The van der Waals surface area contributed by atoms with Gasteiger partial charge in [0, 0.05) is 31.3 Å². The van der Waals surface area contributed by atoms with Crippen molar-refractivity contribution in [3.8, 4) is 11.8 Å². The molecule has 11 heteroatoms. The van der Waals surface area contributed by atoms with Crippen LogP contribution < -0.4 is 10.6 Å². The molecule has 0 bridgehead atoms. The van der Waals surface area contributed by atoms with E-state index >= 15 is 0 Å². The number of Topliss-reactive ketones (excluding diaryl/α,β-unsaturated/α-hetero) is 2. The number of phenolic OH excluding ortho intramolecular Hbond substituents is 1. The molecule has 1 fully saturated rings. The first-order valence-electron chi connectivity index (χ1n) is 10.9. The molecule has 0 aromatic heterocycles. The lowest BCUT2D eigenvalue weighted by Crippen LogP contribution is -2.65. The number of likely N-dealkylation sites (N-methyl/N-ethyl adjacent to an activating group) is 1. The van der Waals surface area contributed by atoms with Gasteiger partial charge >= 0.3 is 0 Å². The summed E-state index contributed by atoms with van der Waals surface area (Å²) in [4.78, 5) is 42.0. The van der Waals surface area contributed by atoms with Crippen LogP contribution in [-0.4, -0.2) is 82.6 Å². The van der Waals surface area contributed by atoms with Gasteiger partial charge in [-0.1, -0.05) is 0 Å². The molecule has 1 unspecified atom stereocenters. The molecule has 6 N–H and O–H groups in total. The van der Waals surface area contributed by atoms with Crippen LogP contribution >= 0.6 is 0 Å². The quantitative estimate of drug-likeness (QED) is 0.364. The third kappa shape index (κ3) is 3.07. The van der Waals surface area contributed by atoms with Gasteiger partial charge in [0.05, 0.1) is 17.2 Å². The van der Waals surface area contributed by atoms with Crippen LogP contribution in [0.25, 0.3) is 5.76 Å². The summed E-state index contributed by atoms with van der Waals surface area (Å²) >= 11 is 0. The molecule has 3 aliphatic rings. The van der Waals surface area contributed by atoms with Gasteiger partial charge in [-0.3, -0.25) is 19.3 Å².